The van der Waals surface area contributed by atoms with Gasteiger partial charge in [0.15, 0.2) is 0 Å². The van der Waals surface area contributed by atoms with E-state index in [9.17, 15) is 12.8 Å². The summed E-state index contributed by atoms with van der Waals surface area (Å²) in [7, 11) is -3.19. The number of halogens is 1. The molecule has 1 fully saturated rings. The molecule has 8 heteroatoms. The van der Waals surface area contributed by atoms with E-state index in [2.05, 4.69) is 14.7 Å². The average molecular weight is 374 g/mol. The second-order valence-electron chi connectivity index (χ2n) is 6.60. The van der Waals surface area contributed by atoms with E-state index in [-0.39, 0.29) is 11.9 Å². The molecule has 0 aliphatic carbocycles. The fraction of sp³-hybridized carbons (Fsp3) is 0.278. The molecule has 0 bridgehead atoms. The fourth-order valence-corrected chi connectivity index (χ4v) is 4.20. The Morgan fingerprint density at radius 2 is 1.88 bits per heavy atom. The highest BCUT2D eigenvalue weighted by molar-refractivity contribution is 7.88. The molecular formula is C18H19FN4O2S. The smallest absolute Gasteiger partial charge is 0.209 e. The second-order valence-corrected chi connectivity index (χ2v) is 8.38. The maximum absolute atomic E-state index is 13.1. The maximum Gasteiger partial charge on any atom is 0.209 e. The van der Waals surface area contributed by atoms with Crippen LogP contribution in [0.2, 0.25) is 0 Å². The van der Waals surface area contributed by atoms with E-state index < -0.39 is 10.0 Å². The van der Waals surface area contributed by atoms with Crippen molar-refractivity contribution in [3.63, 3.8) is 0 Å². The summed E-state index contributed by atoms with van der Waals surface area (Å²) in [5.41, 5.74) is 2.77. The zero-order valence-electron chi connectivity index (χ0n) is 14.3. The molecule has 2 aromatic carbocycles. The zero-order chi connectivity index (χ0) is 18.3. The van der Waals surface area contributed by atoms with Crippen LogP contribution in [0.1, 0.15) is 6.42 Å². The van der Waals surface area contributed by atoms with E-state index in [1.165, 1.54) is 18.4 Å². The third-order valence-electron chi connectivity index (χ3n) is 4.56. The van der Waals surface area contributed by atoms with Gasteiger partial charge in [0.2, 0.25) is 10.0 Å². The standard InChI is InChI=1S/C18H19FN4O2S/c1-26(24,25)21-15-8-9-22(12-15)17-6-7-18-13(10-17)11-20-23(18)16-4-2-14(19)3-5-16/h2-7,10-11,15,21H,8-9,12H2,1H3/t15-/m0/s1. The highest BCUT2D eigenvalue weighted by Crippen LogP contribution is 2.26. The van der Waals surface area contributed by atoms with E-state index in [1.54, 1.807) is 23.0 Å². The predicted octanol–water partition coefficient (Wildman–Crippen LogP) is 2.29. The number of hydrogen-bond acceptors (Lipinski definition) is 4. The van der Waals surface area contributed by atoms with Crippen LogP contribution in [0.3, 0.4) is 0 Å². The molecule has 26 heavy (non-hydrogen) atoms. The van der Waals surface area contributed by atoms with Crippen LogP contribution in [0, 0.1) is 5.82 Å². The summed E-state index contributed by atoms with van der Waals surface area (Å²) < 4.78 is 40.4. The number of anilines is 1. The molecule has 3 aromatic rings. The Bertz CT molecular complexity index is 1050. The Morgan fingerprint density at radius 3 is 2.62 bits per heavy atom. The number of nitrogens with one attached hydrogen (secondary N) is 1. The number of hydrogen-bond donors (Lipinski definition) is 1. The molecule has 0 unspecified atom stereocenters. The summed E-state index contributed by atoms with van der Waals surface area (Å²) in [5, 5.41) is 5.39. The maximum atomic E-state index is 13.1. The van der Waals surface area contributed by atoms with Crippen molar-refractivity contribution in [2.75, 3.05) is 24.2 Å². The molecule has 1 aliphatic heterocycles. The van der Waals surface area contributed by atoms with Crippen LogP contribution in [-0.2, 0) is 10.0 Å². The Labute approximate surface area is 151 Å². The van der Waals surface area contributed by atoms with Gasteiger partial charge in [0.25, 0.3) is 0 Å². The molecular weight excluding hydrogens is 355 g/mol. The molecule has 1 N–H and O–H groups in total. The number of aromatic nitrogens is 2. The number of rotatable bonds is 4. The first kappa shape index (κ1) is 17.0. The Kier molecular flexibility index (Phi) is 4.16. The van der Waals surface area contributed by atoms with E-state index in [0.29, 0.717) is 6.54 Å². The average Bonchev–Trinajstić information content (AvgIpc) is 3.20. The minimum Gasteiger partial charge on any atom is -0.370 e. The van der Waals surface area contributed by atoms with Gasteiger partial charge < -0.3 is 4.90 Å². The molecule has 0 saturated carbocycles. The quantitative estimate of drug-likeness (QED) is 0.761. The number of fused-ring (bicyclic) bond motifs is 1. The van der Waals surface area contributed by atoms with Gasteiger partial charge in [-0.15, -0.1) is 0 Å². The van der Waals surface area contributed by atoms with Gasteiger partial charge >= 0.3 is 0 Å². The summed E-state index contributed by atoms with van der Waals surface area (Å²) in [6.07, 6.45) is 3.75. The number of nitrogens with zero attached hydrogens (tertiary/aromatic N) is 3. The predicted molar refractivity (Wildman–Crippen MR) is 99.6 cm³/mol. The lowest BCUT2D eigenvalue weighted by molar-refractivity contribution is 0.567. The lowest BCUT2D eigenvalue weighted by Gasteiger charge is -2.19. The summed E-state index contributed by atoms with van der Waals surface area (Å²) in [5.74, 6) is -0.279. The van der Waals surface area contributed by atoms with E-state index in [0.717, 1.165) is 35.2 Å². The minimum absolute atomic E-state index is 0.0670. The molecule has 2 heterocycles. The van der Waals surface area contributed by atoms with Gasteiger partial charge in [-0.25, -0.2) is 22.2 Å². The van der Waals surface area contributed by atoms with Crippen molar-refractivity contribution in [3.8, 4) is 5.69 Å². The van der Waals surface area contributed by atoms with Crippen LogP contribution < -0.4 is 9.62 Å². The molecule has 0 amide bonds. The molecule has 6 nitrogen and oxygen atoms in total. The molecule has 1 saturated heterocycles. The summed E-state index contributed by atoms with van der Waals surface area (Å²) >= 11 is 0. The first-order valence-electron chi connectivity index (χ1n) is 8.35. The zero-order valence-corrected chi connectivity index (χ0v) is 15.1. The summed E-state index contributed by atoms with van der Waals surface area (Å²) in [6.45, 7) is 1.44. The highest BCUT2D eigenvalue weighted by Gasteiger charge is 2.25. The van der Waals surface area contributed by atoms with Crippen LogP contribution in [0.25, 0.3) is 16.6 Å². The molecule has 0 radical (unpaired) electrons. The van der Waals surface area contributed by atoms with Crippen LogP contribution in [-0.4, -0.2) is 43.6 Å². The van der Waals surface area contributed by atoms with Crippen molar-refractivity contribution in [2.45, 2.75) is 12.5 Å². The molecule has 1 aromatic heterocycles. The number of benzene rings is 2. The largest absolute Gasteiger partial charge is 0.370 e. The monoisotopic (exact) mass is 374 g/mol. The molecule has 1 aliphatic rings. The highest BCUT2D eigenvalue weighted by atomic mass is 32.2. The summed E-state index contributed by atoms with van der Waals surface area (Å²) in [6, 6.07) is 12.2. The first-order chi connectivity index (χ1) is 12.4. The van der Waals surface area contributed by atoms with Crippen molar-refractivity contribution < 1.29 is 12.8 Å². The van der Waals surface area contributed by atoms with E-state index in [4.69, 9.17) is 0 Å². The van der Waals surface area contributed by atoms with Gasteiger partial charge in [0, 0.05) is 30.2 Å². The van der Waals surface area contributed by atoms with Gasteiger partial charge in [0.05, 0.1) is 23.7 Å². The van der Waals surface area contributed by atoms with Crippen molar-refractivity contribution in [3.05, 3.63) is 54.5 Å². The van der Waals surface area contributed by atoms with Gasteiger partial charge in [-0.1, -0.05) is 0 Å². The van der Waals surface area contributed by atoms with Gasteiger partial charge in [-0.05, 0) is 48.9 Å². The van der Waals surface area contributed by atoms with Crippen LogP contribution in [0.5, 0.6) is 0 Å². The third-order valence-corrected chi connectivity index (χ3v) is 5.32. The first-order valence-corrected chi connectivity index (χ1v) is 10.2. The molecule has 4 rings (SSSR count). The lowest BCUT2D eigenvalue weighted by atomic mass is 10.2. The number of sulfonamides is 1. The Hall–Kier alpha value is -2.45. The lowest BCUT2D eigenvalue weighted by Crippen LogP contribution is -2.36. The summed E-state index contributed by atoms with van der Waals surface area (Å²) in [4.78, 5) is 2.16. The minimum atomic E-state index is -3.19. The van der Waals surface area contributed by atoms with Crippen molar-refractivity contribution in [1.82, 2.24) is 14.5 Å². The van der Waals surface area contributed by atoms with Crippen molar-refractivity contribution in [2.24, 2.45) is 0 Å². The normalized spacial score (nSPS) is 17.9. The Morgan fingerprint density at radius 1 is 1.15 bits per heavy atom. The van der Waals surface area contributed by atoms with Crippen LogP contribution in [0.15, 0.2) is 48.7 Å². The van der Waals surface area contributed by atoms with Crippen LogP contribution in [0.4, 0.5) is 10.1 Å². The van der Waals surface area contributed by atoms with Crippen molar-refractivity contribution >= 4 is 26.6 Å². The third kappa shape index (κ3) is 3.42. The fourth-order valence-electron chi connectivity index (χ4n) is 3.40. The molecule has 1 atom stereocenters. The molecule has 136 valence electrons. The van der Waals surface area contributed by atoms with E-state index >= 15 is 0 Å². The van der Waals surface area contributed by atoms with Crippen molar-refractivity contribution in [1.29, 1.82) is 0 Å². The van der Waals surface area contributed by atoms with E-state index in [1.807, 2.05) is 18.2 Å². The SMILES string of the molecule is CS(=O)(=O)N[C@H]1CCN(c2ccc3c(cnn3-c3ccc(F)cc3)c2)C1. The van der Waals surface area contributed by atoms with Crippen LogP contribution >= 0.6 is 0 Å². The van der Waals surface area contributed by atoms with Gasteiger partial charge in [0.1, 0.15) is 5.82 Å². The molecule has 0 spiro atoms. The topological polar surface area (TPSA) is 67.2 Å². The second kappa shape index (κ2) is 6.37. The Balaban J connectivity index is 1.59. The van der Waals surface area contributed by atoms with Gasteiger partial charge in [-0.3, -0.25) is 0 Å². The van der Waals surface area contributed by atoms with Gasteiger partial charge in [-0.2, -0.15) is 5.10 Å².